The number of nitrogens with zero attached hydrogens (tertiary/aromatic N) is 1. The van der Waals surface area contributed by atoms with Gasteiger partial charge >= 0.3 is 11.9 Å². The number of oxime groups is 1. The summed E-state index contributed by atoms with van der Waals surface area (Å²) in [6, 6.07) is 0. The van der Waals surface area contributed by atoms with E-state index in [1.807, 2.05) is 12.2 Å². The van der Waals surface area contributed by atoms with Crippen molar-refractivity contribution in [2.24, 2.45) is 28.8 Å². The van der Waals surface area contributed by atoms with Gasteiger partial charge in [-0.3, -0.25) is 4.79 Å². The second kappa shape index (κ2) is 5.38. The minimum atomic E-state index is -0.908. The van der Waals surface area contributed by atoms with Crippen LogP contribution in [0.3, 0.4) is 0 Å². The van der Waals surface area contributed by atoms with Crippen LogP contribution in [0.5, 0.6) is 0 Å². The third-order valence-corrected chi connectivity index (χ3v) is 4.71. The minimum absolute atomic E-state index is 0.000144. The van der Waals surface area contributed by atoms with E-state index >= 15 is 0 Å². The number of hydrogen-bond donors (Lipinski definition) is 1. The molecule has 0 heterocycles. The van der Waals surface area contributed by atoms with Crippen LogP contribution in [-0.4, -0.2) is 22.8 Å². The monoisotopic (exact) mass is 277 g/mol. The second-order valence-electron chi connectivity index (χ2n) is 5.97. The summed E-state index contributed by atoms with van der Waals surface area (Å²) in [6.45, 7) is 0. The van der Waals surface area contributed by atoms with Gasteiger partial charge < -0.3 is 9.94 Å². The second-order valence-corrected chi connectivity index (χ2v) is 5.97. The zero-order valence-corrected chi connectivity index (χ0v) is 11.3. The van der Waals surface area contributed by atoms with Crippen LogP contribution in [0.2, 0.25) is 0 Å². The maximum atomic E-state index is 12.2. The molecule has 108 valence electrons. The van der Waals surface area contributed by atoms with Crippen LogP contribution in [0.4, 0.5) is 0 Å². The fourth-order valence-electron chi connectivity index (χ4n) is 3.70. The molecule has 3 aliphatic carbocycles. The summed E-state index contributed by atoms with van der Waals surface area (Å²) in [6.07, 6.45) is 9.75. The molecule has 0 aromatic rings. The Balaban J connectivity index is 1.67. The summed E-state index contributed by atoms with van der Waals surface area (Å²) in [5, 5.41) is 13.2. The molecule has 3 aliphatic rings. The van der Waals surface area contributed by atoms with Crippen molar-refractivity contribution in [3.05, 3.63) is 12.2 Å². The van der Waals surface area contributed by atoms with Crippen molar-refractivity contribution >= 4 is 17.7 Å². The molecule has 0 amide bonds. The van der Waals surface area contributed by atoms with Crippen molar-refractivity contribution in [2.75, 3.05) is 0 Å². The van der Waals surface area contributed by atoms with Gasteiger partial charge in [0.1, 0.15) is 0 Å². The molecule has 0 spiro atoms. The summed E-state index contributed by atoms with van der Waals surface area (Å²) in [5.74, 6) is -2.64. The summed E-state index contributed by atoms with van der Waals surface area (Å²) in [7, 11) is 0. The van der Waals surface area contributed by atoms with E-state index < -0.39 is 23.8 Å². The number of hydrogen-bond acceptors (Lipinski definition) is 4. The van der Waals surface area contributed by atoms with E-state index in [9.17, 15) is 14.7 Å². The molecule has 0 aromatic carbocycles. The Labute approximate surface area is 117 Å². The van der Waals surface area contributed by atoms with Crippen LogP contribution < -0.4 is 0 Å². The Kier molecular flexibility index (Phi) is 3.59. The van der Waals surface area contributed by atoms with Crippen LogP contribution in [0.25, 0.3) is 0 Å². The lowest BCUT2D eigenvalue weighted by Gasteiger charge is -2.21. The van der Waals surface area contributed by atoms with E-state index in [4.69, 9.17) is 4.84 Å². The van der Waals surface area contributed by atoms with E-state index in [1.54, 1.807) is 0 Å². The molecule has 0 aromatic heterocycles. The predicted molar refractivity (Wildman–Crippen MR) is 72.0 cm³/mol. The molecule has 0 aliphatic heterocycles. The highest BCUT2D eigenvalue weighted by atomic mass is 16.7. The molecule has 4 atom stereocenters. The third-order valence-electron chi connectivity index (χ3n) is 4.71. The number of fused-ring (bicyclic) bond motifs is 2. The van der Waals surface area contributed by atoms with E-state index in [0.29, 0.717) is 0 Å². The number of carbonyl (C=O) groups excluding carboxylic acids is 1. The molecule has 0 unspecified atom stereocenters. The highest BCUT2D eigenvalue weighted by molar-refractivity contribution is 5.87. The summed E-state index contributed by atoms with van der Waals surface area (Å²) >= 11 is 0. The van der Waals surface area contributed by atoms with Crippen molar-refractivity contribution in [1.82, 2.24) is 0 Å². The Bertz CT molecular complexity index is 474. The van der Waals surface area contributed by atoms with Gasteiger partial charge in [-0.15, -0.1) is 0 Å². The molecular formula is C15H19NO4. The first-order valence-electron chi connectivity index (χ1n) is 7.34. The Morgan fingerprint density at radius 1 is 1.10 bits per heavy atom. The van der Waals surface area contributed by atoms with Crippen LogP contribution in [0.1, 0.15) is 38.5 Å². The van der Waals surface area contributed by atoms with Crippen LogP contribution in [0.15, 0.2) is 17.3 Å². The molecule has 3 rings (SSSR count). The van der Waals surface area contributed by atoms with Crippen molar-refractivity contribution < 1.29 is 19.5 Å². The lowest BCUT2D eigenvalue weighted by Crippen LogP contribution is -2.33. The highest BCUT2D eigenvalue weighted by Gasteiger charge is 2.52. The molecule has 2 fully saturated rings. The van der Waals surface area contributed by atoms with Gasteiger partial charge in [0.15, 0.2) is 0 Å². The number of rotatable bonds is 3. The smallest absolute Gasteiger partial charge is 0.339 e. The Morgan fingerprint density at radius 2 is 1.75 bits per heavy atom. The number of aliphatic carboxylic acids is 1. The van der Waals surface area contributed by atoms with Crippen LogP contribution >= 0.6 is 0 Å². The van der Waals surface area contributed by atoms with E-state index in [1.165, 1.54) is 6.42 Å². The number of carboxylic acid groups (broad SMARTS) is 1. The number of carbonyl (C=O) groups is 2. The zero-order valence-electron chi connectivity index (χ0n) is 11.3. The van der Waals surface area contributed by atoms with Crippen molar-refractivity contribution in [3.8, 4) is 0 Å². The predicted octanol–water partition coefficient (Wildman–Crippen LogP) is 2.37. The van der Waals surface area contributed by atoms with E-state index in [-0.39, 0.29) is 11.8 Å². The van der Waals surface area contributed by atoms with Gasteiger partial charge in [-0.1, -0.05) is 23.7 Å². The molecule has 2 bridgehead atoms. The summed E-state index contributed by atoms with van der Waals surface area (Å²) in [4.78, 5) is 28.6. The first-order chi connectivity index (χ1) is 9.66. The molecule has 2 saturated carbocycles. The average molecular weight is 277 g/mol. The largest absolute Gasteiger partial charge is 0.481 e. The minimum Gasteiger partial charge on any atom is -0.481 e. The Hall–Kier alpha value is -1.65. The number of carboxylic acids is 1. The van der Waals surface area contributed by atoms with Crippen molar-refractivity contribution in [2.45, 2.75) is 38.5 Å². The summed E-state index contributed by atoms with van der Waals surface area (Å²) < 4.78 is 0. The molecule has 20 heavy (non-hydrogen) atoms. The average Bonchev–Trinajstić information content (AvgIpc) is 3.06. The van der Waals surface area contributed by atoms with Gasteiger partial charge in [0.25, 0.3) is 0 Å². The van der Waals surface area contributed by atoms with E-state index in [2.05, 4.69) is 5.16 Å². The van der Waals surface area contributed by atoms with Gasteiger partial charge in [-0.05, 0) is 43.9 Å². The first kappa shape index (κ1) is 13.3. The van der Waals surface area contributed by atoms with Gasteiger partial charge in [-0.25, -0.2) is 4.79 Å². The molecular weight excluding hydrogens is 258 g/mol. The zero-order chi connectivity index (χ0) is 14.1. The maximum Gasteiger partial charge on any atom is 0.339 e. The number of allylic oxidation sites excluding steroid dienone is 2. The van der Waals surface area contributed by atoms with Gasteiger partial charge in [-0.2, -0.15) is 0 Å². The van der Waals surface area contributed by atoms with Crippen LogP contribution in [-0.2, 0) is 14.4 Å². The molecule has 0 saturated heterocycles. The first-order valence-corrected chi connectivity index (χ1v) is 7.34. The van der Waals surface area contributed by atoms with Gasteiger partial charge in [0, 0.05) is 0 Å². The van der Waals surface area contributed by atoms with Gasteiger partial charge in [0.2, 0.25) is 0 Å². The SMILES string of the molecule is O=C(ON=C1CCCCC1)[C@@H]1[C@H](C(=O)O)[C@H]2C=C[C@H]1C2. The van der Waals surface area contributed by atoms with Crippen LogP contribution in [0, 0.1) is 23.7 Å². The third kappa shape index (κ3) is 2.37. The maximum absolute atomic E-state index is 12.2. The van der Waals surface area contributed by atoms with Crippen molar-refractivity contribution in [1.29, 1.82) is 0 Å². The molecule has 1 N–H and O–H groups in total. The normalized spacial score (nSPS) is 35.1. The standard InChI is InChI=1S/C15H19NO4/c17-14(18)12-9-6-7-10(8-9)13(12)15(19)20-16-11-4-2-1-3-5-11/h6-7,9-10,12-13H,1-5,8H2,(H,17,18)/t9-,10-,12+,13-/m0/s1. The highest BCUT2D eigenvalue weighted by Crippen LogP contribution is 2.48. The molecule has 5 nitrogen and oxygen atoms in total. The molecule has 0 radical (unpaired) electrons. The summed E-state index contributed by atoms with van der Waals surface area (Å²) in [5.41, 5.74) is 0.926. The topological polar surface area (TPSA) is 76.0 Å². The lowest BCUT2D eigenvalue weighted by molar-refractivity contribution is -0.158. The van der Waals surface area contributed by atoms with Gasteiger partial charge in [0.05, 0.1) is 17.5 Å². The lowest BCUT2D eigenvalue weighted by atomic mass is 9.83. The fourth-order valence-corrected chi connectivity index (χ4v) is 3.70. The van der Waals surface area contributed by atoms with E-state index in [0.717, 1.165) is 37.8 Å². The molecule has 5 heteroatoms. The quantitative estimate of drug-likeness (QED) is 0.488. The fraction of sp³-hybridized carbons (Fsp3) is 0.667. The Morgan fingerprint density at radius 3 is 2.40 bits per heavy atom. The van der Waals surface area contributed by atoms with Crippen molar-refractivity contribution in [3.63, 3.8) is 0 Å².